The molecule has 0 amide bonds. The molecule has 2 nitrogen and oxygen atoms in total. The van der Waals surface area contributed by atoms with Crippen LogP contribution in [0.3, 0.4) is 0 Å². The largest absolute Gasteiger partial charge is 0.496 e. The van der Waals surface area contributed by atoms with E-state index in [0.717, 1.165) is 18.7 Å². The molecule has 0 unspecified atom stereocenters. The zero-order valence-corrected chi connectivity index (χ0v) is 13.4. The van der Waals surface area contributed by atoms with Gasteiger partial charge in [0.15, 0.2) is 0 Å². The molecule has 0 fully saturated rings. The zero-order chi connectivity index (χ0) is 15.2. The summed E-state index contributed by atoms with van der Waals surface area (Å²) in [6, 6.07) is 15.2. The topological polar surface area (TPSA) is 21.3 Å². The molecule has 0 radical (unpaired) electrons. The van der Waals surface area contributed by atoms with Crippen molar-refractivity contribution in [3.63, 3.8) is 0 Å². The smallest absolute Gasteiger partial charge is 0.123 e. The van der Waals surface area contributed by atoms with Gasteiger partial charge in [-0.05, 0) is 48.2 Å². The summed E-state index contributed by atoms with van der Waals surface area (Å²) in [6.45, 7) is 5.32. The first kappa shape index (κ1) is 15.6. The van der Waals surface area contributed by atoms with Crippen molar-refractivity contribution in [2.24, 2.45) is 5.92 Å². The van der Waals surface area contributed by atoms with Crippen LogP contribution >= 0.6 is 0 Å². The van der Waals surface area contributed by atoms with Crippen LogP contribution in [0.2, 0.25) is 0 Å². The quantitative estimate of drug-likeness (QED) is 0.854. The van der Waals surface area contributed by atoms with Crippen molar-refractivity contribution in [2.75, 3.05) is 14.2 Å². The predicted molar refractivity (Wildman–Crippen MR) is 89.7 cm³/mol. The van der Waals surface area contributed by atoms with E-state index in [-0.39, 0.29) is 0 Å². The molecule has 0 aliphatic heterocycles. The van der Waals surface area contributed by atoms with Gasteiger partial charge in [-0.15, -0.1) is 0 Å². The van der Waals surface area contributed by atoms with Gasteiger partial charge in [-0.3, -0.25) is 0 Å². The molecular weight excluding hydrogens is 258 g/mol. The molecule has 0 aliphatic carbocycles. The molecular formula is C19H25NO. The van der Waals surface area contributed by atoms with Crippen LogP contribution in [0.1, 0.15) is 25.0 Å². The minimum absolute atomic E-state index is 0.677. The summed E-state index contributed by atoms with van der Waals surface area (Å²) in [6.07, 6.45) is 1.12. The first-order valence-corrected chi connectivity index (χ1v) is 7.55. The van der Waals surface area contributed by atoms with Crippen molar-refractivity contribution >= 4 is 0 Å². The summed E-state index contributed by atoms with van der Waals surface area (Å²) in [5, 5.41) is 3.19. The first-order chi connectivity index (χ1) is 10.1. The molecule has 0 atom stereocenters. The molecule has 2 rings (SSSR count). The van der Waals surface area contributed by atoms with Gasteiger partial charge in [0.25, 0.3) is 0 Å². The highest BCUT2D eigenvalue weighted by molar-refractivity contribution is 5.66. The normalized spacial score (nSPS) is 10.9. The number of hydrogen-bond donors (Lipinski definition) is 1. The van der Waals surface area contributed by atoms with Gasteiger partial charge >= 0.3 is 0 Å². The van der Waals surface area contributed by atoms with E-state index in [4.69, 9.17) is 4.74 Å². The highest BCUT2D eigenvalue weighted by atomic mass is 16.5. The van der Waals surface area contributed by atoms with Crippen molar-refractivity contribution in [1.82, 2.24) is 5.32 Å². The van der Waals surface area contributed by atoms with Crippen LogP contribution in [0.15, 0.2) is 42.5 Å². The fraction of sp³-hybridized carbons (Fsp3) is 0.368. The average Bonchev–Trinajstić information content (AvgIpc) is 2.47. The number of hydrogen-bond acceptors (Lipinski definition) is 2. The molecule has 0 aliphatic rings. The highest BCUT2D eigenvalue weighted by Gasteiger charge is 2.06. The van der Waals surface area contributed by atoms with Crippen LogP contribution in [-0.4, -0.2) is 14.2 Å². The van der Waals surface area contributed by atoms with E-state index in [1.54, 1.807) is 7.11 Å². The molecule has 21 heavy (non-hydrogen) atoms. The van der Waals surface area contributed by atoms with E-state index in [0.29, 0.717) is 5.92 Å². The second kappa shape index (κ2) is 7.28. The van der Waals surface area contributed by atoms with Crippen molar-refractivity contribution < 1.29 is 4.74 Å². The Morgan fingerprint density at radius 1 is 1.05 bits per heavy atom. The van der Waals surface area contributed by atoms with Gasteiger partial charge in [-0.2, -0.15) is 0 Å². The molecule has 0 saturated carbocycles. The average molecular weight is 283 g/mol. The van der Waals surface area contributed by atoms with Crippen molar-refractivity contribution in [3.8, 4) is 16.9 Å². The van der Waals surface area contributed by atoms with Crippen LogP contribution in [0.25, 0.3) is 11.1 Å². The van der Waals surface area contributed by atoms with Gasteiger partial charge in [0, 0.05) is 12.1 Å². The lowest BCUT2D eigenvalue weighted by atomic mass is 9.97. The molecule has 1 N–H and O–H groups in total. The molecule has 0 saturated heterocycles. The summed E-state index contributed by atoms with van der Waals surface area (Å²) < 4.78 is 5.43. The van der Waals surface area contributed by atoms with Gasteiger partial charge in [0.2, 0.25) is 0 Å². The SMILES string of the molecule is CNCc1cc(-c2cccc(CC(C)C)c2)ccc1OC. The predicted octanol–water partition coefficient (Wildman–Crippen LogP) is 4.28. The van der Waals surface area contributed by atoms with Crippen LogP contribution in [0, 0.1) is 5.92 Å². The summed E-state index contributed by atoms with van der Waals surface area (Å²) in [5.74, 6) is 1.61. The molecule has 0 aromatic heterocycles. The van der Waals surface area contributed by atoms with Crippen LogP contribution < -0.4 is 10.1 Å². The molecule has 2 heteroatoms. The van der Waals surface area contributed by atoms with Gasteiger partial charge in [0.1, 0.15) is 5.75 Å². The summed E-state index contributed by atoms with van der Waals surface area (Å²) in [5.41, 5.74) is 5.10. The number of rotatable bonds is 6. The molecule has 2 aromatic rings. The molecule has 0 heterocycles. The standard InChI is InChI=1S/C19H25NO/c1-14(2)10-15-6-5-7-16(11-15)17-8-9-19(21-4)18(12-17)13-20-3/h5-9,11-12,14,20H,10,13H2,1-4H3. The van der Waals surface area contributed by atoms with Gasteiger partial charge in [0.05, 0.1) is 7.11 Å². The Kier molecular flexibility index (Phi) is 5.40. The Bertz CT molecular complexity index is 590. The number of ether oxygens (including phenoxy) is 1. The maximum absolute atomic E-state index is 5.43. The third-order valence-corrected chi connectivity index (χ3v) is 3.55. The Hall–Kier alpha value is -1.80. The molecule has 2 aromatic carbocycles. The number of methoxy groups -OCH3 is 1. The highest BCUT2D eigenvalue weighted by Crippen LogP contribution is 2.27. The van der Waals surface area contributed by atoms with Crippen molar-refractivity contribution in [1.29, 1.82) is 0 Å². The third kappa shape index (κ3) is 4.08. The maximum Gasteiger partial charge on any atom is 0.123 e. The lowest BCUT2D eigenvalue weighted by molar-refractivity contribution is 0.408. The summed E-state index contributed by atoms with van der Waals surface area (Å²) in [4.78, 5) is 0. The van der Waals surface area contributed by atoms with Crippen LogP contribution in [0.5, 0.6) is 5.75 Å². The van der Waals surface area contributed by atoms with E-state index in [9.17, 15) is 0 Å². The summed E-state index contributed by atoms with van der Waals surface area (Å²) in [7, 11) is 3.67. The minimum atomic E-state index is 0.677. The number of benzene rings is 2. The van der Waals surface area contributed by atoms with Crippen LogP contribution in [-0.2, 0) is 13.0 Å². The Balaban J connectivity index is 2.35. The lowest BCUT2D eigenvalue weighted by Gasteiger charge is -2.12. The second-order valence-corrected chi connectivity index (χ2v) is 5.86. The second-order valence-electron chi connectivity index (χ2n) is 5.86. The third-order valence-electron chi connectivity index (χ3n) is 3.55. The molecule has 0 bridgehead atoms. The van der Waals surface area contributed by atoms with Gasteiger partial charge in [-0.1, -0.05) is 44.2 Å². The minimum Gasteiger partial charge on any atom is -0.496 e. The van der Waals surface area contributed by atoms with Gasteiger partial charge < -0.3 is 10.1 Å². The Morgan fingerprint density at radius 2 is 1.81 bits per heavy atom. The molecule has 0 spiro atoms. The van der Waals surface area contributed by atoms with E-state index in [1.807, 2.05) is 7.05 Å². The van der Waals surface area contributed by atoms with Crippen LogP contribution in [0.4, 0.5) is 0 Å². The molecule has 112 valence electrons. The maximum atomic E-state index is 5.43. The van der Waals surface area contributed by atoms with E-state index in [1.165, 1.54) is 22.3 Å². The van der Waals surface area contributed by atoms with Crippen molar-refractivity contribution in [3.05, 3.63) is 53.6 Å². The van der Waals surface area contributed by atoms with Gasteiger partial charge in [-0.25, -0.2) is 0 Å². The van der Waals surface area contributed by atoms with Crippen molar-refractivity contribution in [2.45, 2.75) is 26.8 Å². The van der Waals surface area contributed by atoms with E-state index in [2.05, 4.69) is 61.6 Å². The summed E-state index contributed by atoms with van der Waals surface area (Å²) >= 11 is 0. The lowest BCUT2D eigenvalue weighted by Crippen LogP contribution is -2.06. The van der Waals surface area contributed by atoms with E-state index >= 15 is 0 Å². The fourth-order valence-corrected chi connectivity index (χ4v) is 2.64. The fourth-order valence-electron chi connectivity index (χ4n) is 2.64. The Labute approximate surface area is 128 Å². The Morgan fingerprint density at radius 3 is 2.48 bits per heavy atom. The van der Waals surface area contributed by atoms with E-state index < -0.39 is 0 Å². The number of nitrogens with one attached hydrogen (secondary N) is 1. The zero-order valence-electron chi connectivity index (χ0n) is 13.4. The first-order valence-electron chi connectivity index (χ1n) is 7.55. The monoisotopic (exact) mass is 283 g/mol.